The lowest BCUT2D eigenvalue weighted by molar-refractivity contribution is 0.645. The summed E-state index contributed by atoms with van der Waals surface area (Å²) < 4.78 is 3.11. The van der Waals surface area contributed by atoms with Gasteiger partial charge in [0.25, 0.3) is 5.56 Å². The van der Waals surface area contributed by atoms with E-state index in [0.29, 0.717) is 11.3 Å². The number of hydrogen-bond acceptors (Lipinski definition) is 2. The summed E-state index contributed by atoms with van der Waals surface area (Å²) in [6, 6.07) is 10.5. The van der Waals surface area contributed by atoms with Crippen molar-refractivity contribution in [3.63, 3.8) is 0 Å². The zero-order valence-electron chi connectivity index (χ0n) is 8.21. The molecule has 0 atom stereocenters. The molecular weight excluding hydrogens is 190 g/mol. The number of benzene rings is 1. The van der Waals surface area contributed by atoms with Gasteiger partial charge in [0.1, 0.15) is 6.07 Å². The summed E-state index contributed by atoms with van der Waals surface area (Å²) in [6.45, 7) is 0. The maximum absolute atomic E-state index is 11.5. The van der Waals surface area contributed by atoms with Gasteiger partial charge in [-0.05, 0) is 12.1 Å². The summed E-state index contributed by atoms with van der Waals surface area (Å²) in [5.74, 6) is 0. The van der Waals surface area contributed by atoms with E-state index in [-0.39, 0.29) is 5.56 Å². The molecule has 0 aliphatic rings. The molecule has 1 aromatic carbocycles. The molecule has 0 N–H and O–H groups in total. The van der Waals surface area contributed by atoms with Crippen LogP contribution < -0.4 is 5.56 Å². The number of rotatable bonds is 1. The summed E-state index contributed by atoms with van der Waals surface area (Å²) in [7, 11) is 1.76. The van der Waals surface area contributed by atoms with Gasteiger partial charge in [0.05, 0.1) is 11.3 Å². The van der Waals surface area contributed by atoms with Crippen LogP contribution in [0.15, 0.2) is 41.3 Å². The average molecular weight is 199 g/mol. The van der Waals surface area contributed by atoms with Crippen LogP contribution in [-0.2, 0) is 7.05 Å². The molecule has 0 saturated heterocycles. The van der Waals surface area contributed by atoms with Gasteiger partial charge >= 0.3 is 0 Å². The van der Waals surface area contributed by atoms with Crippen LogP contribution in [0.4, 0.5) is 0 Å². The topological polar surface area (TPSA) is 50.7 Å². The Balaban J connectivity index is 2.76. The van der Waals surface area contributed by atoms with Gasteiger partial charge < -0.3 is 0 Å². The molecule has 1 aromatic heterocycles. The van der Waals surface area contributed by atoms with Gasteiger partial charge in [-0.15, -0.1) is 0 Å². The molecule has 0 radical (unpaired) electrons. The number of hydrogen-bond donors (Lipinski definition) is 0. The largest absolute Gasteiger partial charge is 0.288 e. The van der Waals surface area contributed by atoms with Crippen LogP contribution in [0.5, 0.6) is 0 Å². The van der Waals surface area contributed by atoms with Crippen molar-refractivity contribution in [2.24, 2.45) is 7.05 Å². The second-order valence-corrected chi connectivity index (χ2v) is 3.17. The van der Waals surface area contributed by atoms with Crippen LogP contribution >= 0.6 is 0 Å². The number of aromatic nitrogens is 2. The van der Waals surface area contributed by atoms with Crippen LogP contribution in [0.2, 0.25) is 0 Å². The van der Waals surface area contributed by atoms with Gasteiger partial charge in [0.15, 0.2) is 0 Å². The van der Waals surface area contributed by atoms with Crippen molar-refractivity contribution in [1.82, 2.24) is 9.36 Å². The fourth-order valence-corrected chi connectivity index (χ4v) is 1.51. The second-order valence-electron chi connectivity index (χ2n) is 3.17. The van der Waals surface area contributed by atoms with Crippen LogP contribution in [0, 0.1) is 11.3 Å². The lowest BCUT2D eigenvalue weighted by Crippen LogP contribution is -2.19. The molecule has 0 spiro atoms. The first-order valence-electron chi connectivity index (χ1n) is 4.48. The van der Waals surface area contributed by atoms with E-state index in [2.05, 4.69) is 6.07 Å². The summed E-state index contributed by atoms with van der Waals surface area (Å²) in [5, 5.41) is 8.92. The van der Waals surface area contributed by atoms with E-state index in [4.69, 9.17) is 5.26 Å². The van der Waals surface area contributed by atoms with Crippen LogP contribution in [0.1, 0.15) is 5.56 Å². The smallest absolute Gasteiger partial charge is 0.271 e. The molecule has 74 valence electrons. The van der Waals surface area contributed by atoms with Crippen LogP contribution in [-0.4, -0.2) is 9.36 Å². The molecule has 1 heterocycles. The summed E-state index contributed by atoms with van der Waals surface area (Å²) in [6.07, 6.45) is 1.66. The highest BCUT2D eigenvalue weighted by molar-refractivity contribution is 5.47. The monoisotopic (exact) mass is 199 g/mol. The third-order valence-electron chi connectivity index (χ3n) is 2.21. The number of nitrogens with zero attached hydrogens (tertiary/aromatic N) is 3. The molecule has 0 fully saturated rings. The molecule has 0 aliphatic heterocycles. The molecule has 2 rings (SSSR count). The molecule has 0 aliphatic carbocycles. The highest BCUT2D eigenvalue weighted by Gasteiger charge is 2.07. The van der Waals surface area contributed by atoms with Crippen molar-refractivity contribution in [3.05, 3.63) is 52.4 Å². The quantitative estimate of drug-likeness (QED) is 0.689. The van der Waals surface area contributed by atoms with E-state index in [1.165, 1.54) is 10.7 Å². The van der Waals surface area contributed by atoms with E-state index in [1.807, 2.05) is 0 Å². The molecule has 0 amide bonds. The number of aryl methyl sites for hydroxylation is 1. The predicted molar refractivity (Wildman–Crippen MR) is 55.7 cm³/mol. The molecular formula is C11H9N3O. The van der Waals surface area contributed by atoms with Crippen molar-refractivity contribution in [2.75, 3.05) is 0 Å². The van der Waals surface area contributed by atoms with Gasteiger partial charge in [0.2, 0.25) is 0 Å². The Morgan fingerprint density at radius 3 is 2.60 bits per heavy atom. The average Bonchev–Trinajstić information content (AvgIpc) is 2.59. The number of para-hydroxylation sites is 1. The Labute approximate surface area is 86.6 Å². The van der Waals surface area contributed by atoms with Gasteiger partial charge in [-0.2, -0.15) is 5.26 Å². The summed E-state index contributed by atoms with van der Waals surface area (Å²) in [5.41, 5.74) is 0.958. The molecule has 0 unspecified atom stereocenters. The fraction of sp³-hybridized carbons (Fsp3) is 0.0909. The molecule has 4 nitrogen and oxygen atoms in total. The highest BCUT2D eigenvalue weighted by atomic mass is 16.1. The first-order chi connectivity index (χ1) is 7.24. The maximum atomic E-state index is 11.5. The first-order valence-corrected chi connectivity index (χ1v) is 4.48. The zero-order chi connectivity index (χ0) is 10.8. The van der Waals surface area contributed by atoms with Crippen molar-refractivity contribution in [1.29, 1.82) is 5.26 Å². The van der Waals surface area contributed by atoms with E-state index >= 15 is 0 Å². The van der Waals surface area contributed by atoms with Crippen molar-refractivity contribution in [2.45, 2.75) is 0 Å². The minimum Gasteiger partial charge on any atom is -0.288 e. The van der Waals surface area contributed by atoms with Gasteiger partial charge in [-0.1, -0.05) is 12.1 Å². The normalized spacial score (nSPS) is 9.87. The van der Waals surface area contributed by atoms with Gasteiger partial charge in [0, 0.05) is 19.3 Å². The van der Waals surface area contributed by atoms with Crippen molar-refractivity contribution in [3.8, 4) is 11.8 Å². The fourth-order valence-electron chi connectivity index (χ4n) is 1.51. The SMILES string of the molecule is Cn1ccc(=O)n1-c1ccccc1C#N. The third kappa shape index (κ3) is 1.44. The Morgan fingerprint density at radius 2 is 2.00 bits per heavy atom. The Morgan fingerprint density at radius 1 is 1.27 bits per heavy atom. The lowest BCUT2D eigenvalue weighted by Gasteiger charge is -2.07. The molecule has 15 heavy (non-hydrogen) atoms. The lowest BCUT2D eigenvalue weighted by atomic mass is 10.2. The van der Waals surface area contributed by atoms with E-state index < -0.39 is 0 Å². The maximum Gasteiger partial charge on any atom is 0.271 e. The Kier molecular flexibility index (Phi) is 2.14. The van der Waals surface area contributed by atoms with E-state index in [1.54, 1.807) is 42.2 Å². The third-order valence-corrected chi connectivity index (χ3v) is 2.21. The molecule has 0 saturated carbocycles. The molecule has 2 aromatic rings. The minimum absolute atomic E-state index is 0.139. The van der Waals surface area contributed by atoms with Crippen molar-refractivity contribution < 1.29 is 0 Å². The second kappa shape index (κ2) is 3.46. The Bertz CT molecular complexity index is 586. The predicted octanol–water partition coefficient (Wildman–Crippen LogP) is 1.05. The zero-order valence-corrected chi connectivity index (χ0v) is 8.21. The standard InChI is InChI=1S/C11H9N3O/c1-13-7-6-11(15)14(13)10-5-3-2-4-9(10)8-12/h2-7H,1H3. The van der Waals surface area contributed by atoms with E-state index in [0.717, 1.165) is 0 Å². The summed E-state index contributed by atoms with van der Waals surface area (Å²) in [4.78, 5) is 11.5. The molecule has 0 bridgehead atoms. The van der Waals surface area contributed by atoms with Gasteiger partial charge in [-0.25, -0.2) is 4.68 Å². The highest BCUT2D eigenvalue weighted by Crippen LogP contribution is 2.10. The van der Waals surface area contributed by atoms with Crippen LogP contribution in [0.3, 0.4) is 0 Å². The van der Waals surface area contributed by atoms with Gasteiger partial charge in [-0.3, -0.25) is 9.48 Å². The summed E-state index contributed by atoms with van der Waals surface area (Å²) >= 11 is 0. The van der Waals surface area contributed by atoms with Crippen molar-refractivity contribution >= 4 is 0 Å². The van der Waals surface area contributed by atoms with E-state index in [9.17, 15) is 4.79 Å². The number of nitriles is 1. The minimum atomic E-state index is -0.139. The molecule has 4 heteroatoms. The first kappa shape index (κ1) is 9.28. The Hall–Kier alpha value is -2.28. The van der Waals surface area contributed by atoms with Crippen LogP contribution in [0.25, 0.3) is 5.69 Å².